The number of pyridine rings is 1. The largest absolute Gasteiger partial charge is 0.243 e. The van der Waals surface area contributed by atoms with Gasteiger partial charge in [-0.15, -0.1) is 11.6 Å². The van der Waals surface area contributed by atoms with E-state index in [1.54, 1.807) is 6.20 Å². The molecular formula is C8H6BrCl2N. The number of nitrogens with zero attached hydrogens (tertiary/aromatic N) is 1. The van der Waals surface area contributed by atoms with Crippen LogP contribution in [0.4, 0.5) is 0 Å². The van der Waals surface area contributed by atoms with Crippen molar-refractivity contribution >= 4 is 44.7 Å². The molecule has 12 heavy (non-hydrogen) atoms. The molecular weight excluding hydrogens is 261 g/mol. The second kappa shape index (κ2) is 4.26. The Kier molecular flexibility index (Phi) is 3.56. The second-order valence-electron chi connectivity index (χ2n) is 2.23. The average molecular weight is 267 g/mol. The van der Waals surface area contributed by atoms with E-state index in [2.05, 4.69) is 27.5 Å². The van der Waals surface area contributed by atoms with Gasteiger partial charge in [-0.1, -0.05) is 18.2 Å². The van der Waals surface area contributed by atoms with Gasteiger partial charge < -0.3 is 0 Å². The molecule has 0 N–H and O–H groups in total. The van der Waals surface area contributed by atoms with Gasteiger partial charge in [0.2, 0.25) is 0 Å². The van der Waals surface area contributed by atoms with Crippen LogP contribution in [0.1, 0.15) is 5.56 Å². The van der Waals surface area contributed by atoms with Gasteiger partial charge in [0.1, 0.15) is 5.15 Å². The van der Waals surface area contributed by atoms with Crippen molar-refractivity contribution in [3.8, 4) is 0 Å². The molecule has 0 amide bonds. The first-order valence-electron chi connectivity index (χ1n) is 3.20. The van der Waals surface area contributed by atoms with Crippen LogP contribution in [0, 0.1) is 0 Å². The first-order chi connectivity index (χ1) is 5.65. The molecule has 4 heteroatoms. The molecule has 0 spiro atoms. The summed E-state index contributed by atoms with van der Waals surface area (Å²) < 4.78 is 0.869. The Morgan fingerprint density at radius 2 is 2.33 bits per heavy atom. The maximum absolute atomic E-state index is 5.82. The van der Waals surface area contributed by atoms with Gasteiger partial charge in [-0.25, -0.2) is 4.98 Å². The fourth-order valence-electron chi connectivity index (χ4n) is 0.743. The van der Waals surface area contributed by atoms with Crippen molar-refractivity contribution in [1.29, 1.82) is 0 Å². The Morgan fingerprint density at radius 1 is 1.67 bits per heavy atom. The van der Waals surface area contributed by atoms with Gasteiger partial charge in [0.15, 0.2) is 0 Å². The van der Waals surface area contributed by atoms with Crippen LogP contribution in [0.25, 0.3) is 5.57 Å². The second-order valence-corrected chi connectivity index (χ2v) is 3.77. The molecule has 1 aromatic rings. The van der Waals surface area contributed by atoms with E-state index in [4.69, 9.17) is 23.2 Å². The van der Waals surface area contributed by atoms with Crippen molar-refractivity contribution in [2.24, 2.45) is 0 Å². The summed E-state index contributed by atoms with van der Waals surface area (Å²) in [6, 6.07) is 1.85. The number of allylic oxidation sites excluding steroid dienone is 1. The van der Waals surface area contributed by atoms with E-state index < -0.39 is 0 Å². The predicted molar refractivity (Wildman–Crippen MR) is 56.7 cm³/mol. The van der Waals surface area contributed by atoms with E-state index in [0.29, 0.717) is 11.0 Å². The summed E-state index contributed by atoms with van der Waals surface area (Å²) in [7, 11) is 0. The quantitative estimate of drug-likeness (QED) is 0.587. The first-order valence-corrected chi connectivity index (χ1v) is 4.91. The van der Waals surface area contributed by atoms with Gasteiger partial charge in [-0.2, -0.15) is 0 Å². The monoisotopic (exact) mass is 265 g/mol. The highest BCUT2D eigenvalue weighted by Gasteiger charge is 2.04. The first kappa shape index (κ1) is 10.0. The van der Waals surface area contributed by atoms with Gasteiger partial charge >= 0.3 is 0 Å². The third-order valence-corrected chi connectivity index (χ3v) is 2.41. The smallest absolute Gasteiger partial charge is 0.136 e. The maximum Gasteiger partial charge on any atom is 0.136 e. The summed E-state index contributed by atoms with van der Waals surface area (Å²) in [4.78, 5) is 3.95. The molecule has 1 nitrogen and oxygen atoms in total. The van der Waals surface area contributed by atoms with Gasteiger partial charge in [0.05, 0.1) is 0 Å². The van der Waals surface area contributed by atoms with E-state index in [9.17, 15) is 0 Å². The Bertz CT molecular complexity index is 312. The normalized spacial score (nSPS) is 9.92. The molecule has 0 atom stereocenters. The van der Waals surface area contributed by atoms with Crippen LogP contribution in [0.5, 0.6) is 0 Å². The summed E-state index contributed by atoms with van der Waals surface area (Å²) in [6.07, 6.45) is 1.63. The van der Waals surface area contributed by atoms with Gasteiger partial charge in [-0.3, -0.25) is 0 Å². The van der Waals surface area contributed by atoms with Crippen LogP contribution in [0.2, 0.25) is 5.15 Å². The third kappa shape index (κ3) is 2.22. The van der Waals surface area contributed by atoms with Gasteiger partial charge in [-0.05, 0) is 27.6 Å². The molecule has 64 valence electrons. The minimum absolute atomic E-state index is 0.359. The lowest BCUT2D eigenvalue weighted by atomic mass is 10.1. The molecule has 0 aromatic carbocycles. The predicted octanol–water partition coefficient (Wildman–Crippen LogP) is 3.75. The van der Waals surface area contributed by atoms with Gasteiger partial charge in [0, 0.05) is 22.1 Å². The number of hydrogen-bond acceptors (Lipinski definition) is 1. The van der Waals surface area contributed by atoms with Crippen molar-refractivity contribution in [3.05, 3.63) is 34.0 Å². The highest BCUT2D eigenvalue weighted by atomic mass is 79.9. The zero-order chi connectivity index (χ0) is 9.14. The fraction of sp³-hybridized carbons (Fsp3) is 0.125. The van der Waals surface area contributed by atoms with Crippen molar-refractivity contribution in [2.75, 3.05) is 5.88 Å². The van der Waals surface area contributed by atoms with Crippen LogP contribution in [-0.2, 0) is 0 Å². The molecule has 0 aliphatic heterocycles. The van der Waals surface area contributed by atoms with E-state index in [1.165, 1.54) is 0 Å². The molecule has 1 rings (SSSR count). The highest BCUT2D eigenvalue weighted by Crippen LogP contribution is 2.24. The summed E-state index contributed by atoms with van der Waals surface area (Å²) in [6.45, 7) is 3.77. The van der Waals surface area contributed by atoms with Gasteiger partial charge in [0.25, 0.3) is 0 Å². The molecule has 0 fully saturated rings. The molecule has 0 radical (unpaired) electrons. The Hall–Kier alpha value is -0.0500. The van der Waals surface area contributed by atoms with Crippen molar-refractivity contribution in [1.82, 2.24) is 4.98 Å². The number of halogens is 3. The van der Waals surface area contributed by atoms with Crippen LogP contribution < -0.4 is 0 Å². The topological polar surface area (TPSA) is 12.9 Å². The van der Waals surface area contributed by atoms with E-state index >= 15 is 0 Å². The van der Waals surface area contributed by atoms with Crippen LogP contribution >= 0.6 is 39.1 Å². The third-order valence-electron chi connectivity index (χ3n) is 1.35. The number of aromatic nitrogens is 1. The molecule has 1 heterocycles. The lowest BCUT2D eigenvalue weighted by Gasteiger charge is -2.03. The minimum Gasteiger partial charge on any atom is -0.243 e. The lowest BCUT2D eigenvalue weighted by molar-refractivity contribution is 1.29. The number of rotatable bonds is 2. The summed E-state index contributed by atoms with van der Waals surface area (Å²) >= 11 is 14.7. The molecule has 0 bridgehead atoms. The van der Waals surface area contributed by atoms with E-state index in [0.717, 1.165) is 15.6 Å². The Morgan fingerprint density at radius 3 is 2.92 bits per heavy atom. The summed E-state index contributed by atoms with van der Waals surface area (Å²) in [5, 5.41) is 0.434. The molecule has 0 aliphatic rings. The summed E-state index contributed by atoms with van der Waals surface area (Å²) in [5.74, 6) is 0.359. The van der Waals surface area contributed by atoms with Crippen LogP contribution in [0.15, 0.2) is 23.3 Å². The highest BCUT2D eigenvalue weighted by molar-refractivity contribution is 9.10. The molecule has 0 unspecified atom stereocenters. The SMILES string of the molecule is C=C(CCl)c1cc(Br)cnc1Cl. The molecule has 0 saturated heterocycles. The lowest BCUT2D eigenvalue weighted by Crippen LogP contribution is -1.88. The zero-order valence-corrected chi connectivity index (χ0v) is 9.25. The Labute approximate surface area is 89.5 Å². The number of hydrogen-bond donors (Lipinski definition) is 0. The standard InChI is InChI=1S/C8H6BrCl2N/c1-5(3-10)7-2-6(9)4-12-8(7)11/h2,4H,1,3H2. The Balaban J connectivity index is 3.13. The van der Waals surface area contributed by atoms with Crippen LogP contribution in [-0.4, -0.2) is 10.9 Å². The van der Waals surface area contributed by atoms with Crippen molar-refractivity contribution in [3.63, 3.8) is 0 Å². The average Bonchev–Trinajstić information content (AvgIpc) is 2.08. The molecule has 0 saturated carbocycles. The number of alkyl halides is 1. The van der Waals surface area contributed by atoms with E-state index in [1.807, 2.05) is 6.07 Å². The molecule has 1 aromatic heterocycles. The molecule has 0 aliphatic carbocycles. The maximum atomic E-state index is 5.82. The van der Waals surface area contributed by atoms with Crippen molar-refractivity contribution < 1.29 is 0 Å². The zero-order valence-electron chi connectivity index (χ0n) is 6.15. The van der Waals surface area contributed by atoms with Crippen molar-refractivity contribution in [2.45, 2.75) is 0 Å². The van der Waals surface area contributed by atoms with E-state index in [-0.39, 0.29) is 0 Å². The minimum atomic E-state index is 0.359. The summed E-state index contributed by atoms with van der Waals surface area (Å²) in [5.41, 5.74) is 1.57. The van der Waals surface area contributed by atoms with Crippen LogP contribution in [0.3, 0.4) is 0 Å². The fourth-order valence-corrected chi connectivity index (χ4v) is 1.45.